The van der Waals surface area contributed by atoms with Gasteiger partial charge in [-0.15, -0.1) is 0 Å². The number of benzene rings is 2. The summed E-state index contributed by atoms with van der Waals surface area (Å²) in [5.41, 5.74) is 1.92. The number of hydrogen-bond acceptors (Lipinski definition) is 3. The van der Waals surface area contributed by atoms with Crippen LogP contribution in [-0.2, 0) is 11.3 Å². The lowest BCUT2D eigenvalue weighted by molar-refractivity contribution is -0.119. The molecular formula is C18H14ClN3O2. The van der Waals surface area contributed by atoms with Crippen molar-refractivity contribution < 1.29 is 9.59 Å². The SMILES string of the molecule is C[C@H]1C(=O)N(c2ccc(Cl)cc2)C(=O)N1Cc1ccc(C#N)cc1. The van der Waals surface area contributed by atoms with Gasteiger partial charge in [-0.25, -0.2) is 9.69 Å². The van der Waals surface area contributed by atoms with Crippen molar-refractivity contribution in [1.29, 1.82) is 5.26 Å². The van der Waals surface area contributed by atoms with Crippen LogP contribution in [-0.4, -0.2) is 22.9 Å². The predicted octanol–water partition coefficient (Wildman–Crippen LogP) is 3.57. The molecule has 1 aliphatic rings. The first-order valence-corrected chi connectivity index (χ1v) is 7.78. The second-order valence-electron chi connectivity index (χ2n) is 5.55. The molecule has 0 radical (unpaired) electrons. The van der Waals surface area contributed by atoms with Gasteiger partial charge in [0.25, 0.3) is 5.91 Å². The van der Waals surface area contributed by atoms with Crippen LogP contribution in [0.3, 0.4) is 0 Å². The summed E-state index contributed by atoms with van der Waals surface area (Å²) in [5.74, 6) is -0.268. The molecule has 0 unspecified atom stereocenters. The van der Waals surface area contributed by atoms with E-state index in [0.29, 0.717) is 22.8 Å². The van der Waals surface area contributed by atoms with E-state index in [0.717, 1.165) is 5.56 Å². The van der Waals surface area contributed by atoms with Crippen LogP contribution in [0, 0.1) is 11.3 Å². The lowest BCUT2D eigenvalue weighted by Crippen LogP contribution is -2.33. The van der Waals surface area contributed by atoms with Crippen molar-refractivity contribution in [1.82, 2.24) is 4.90 Å². The third kappa shape index (κ3) is 2.84. The predicted molar refractivity (Wildman–Crippen MR) is 90.5 cm³/mol. The minimum atomic E-state index is -0.552. The summed E-state index contributed by atoms with van der Waals surface area (Å²) in [7, 11) is 0. The highest BCUT2D eigenvalue weighted by molar-refractivity contribution is 6.30. The quantitative estimate of drug-likeness (QED) is 0.803. The molecule has 1 aliphatic heterocycles. The molecule has 0 bridgehead atoms. The fraction of sp³-hybridized carbons (Fsp3) is 0.167. The number of imide groups is 1. The Morgan fingerprint density at radius 3 is 2.29 bits per heavy atom. The standard InChI is InChI=1S/C18H14ClN3O2/c1-12-17(23)22(16-8-6-15(19)7-9-16)18(24)21(12)11-14-4-2-13(10-20)3-5-14/h2-9,12H,11H2,1H3/t12-/m0/s1. The second-order valence-corrected chi connectivity index (χ2v) is 5.98. The molecule has 0 N–H and O–H groups in total. The molecular weight excluding hydrogens is 326 g/mol. The van der Waals surface area contributed by atoms with Gasteiger partial charge in [0.05, 0.1) is 17.3 Å². The van der Waals surface area contributed by atoms with Crippen molar-refractivity contribution in [2.24, 2.45) is 0 Å². The molecule has 1 atom stereocenters. The van der Waals surface area contributed by atoms with E-state index in [4.69, 9.17) is 16.9 Å². The summed E-state index contributed by atoms with van der Waals surface area (Å²) < 4.78 is 0. The first kappa shape index (κ1) is 16.0. The summed E-state index contributed by atoms with van der Waals surface area (Å²) in [4.78, 5) is 27.9. The fourth-order valence-corrected chi connectivity index (χ4v) is 2.75. The lowest BCUT2D eigenvalue weighted by atomic mass is 10.1. The maximum Gasteiger partial charge on any atom is 0.332 e. The number of urea groups is 1. The van der Waals surface area contributed by atoms with E-state index in [2.05, 4.69) is 6.07 Å². The number of amides is 3. The van der Waals surface area contributed by atoms with E-state index in [-0.39, 0.29) is 11.9 Å². The van der Waals surface area contributed by atoms with Gasteiger partial charge in [0.1, 0.15) is 6.04 Å². The number of anilines is 1. The van der Waals surface area contributed by atoms with Gasteiger partial charge in [-0.05, 0) is 48.9 Å². The van der Waals surface area contributed by atoms with E-state index in [9.17, 15) is 9.59 Å². The molecule has 120 valence electrons. The van der Waals surface area contributed by atoms with Crippen LogP contribution in [0.1, 0.15) is 18.1 Å². The summed E-state index contributed by atoms with van der Waals surface area (Å²) in [6, 6.07) is 14.7. The topological polar surface area (TPSA) is 64.4 Å². The van der Waals surface area contributed by atoms with E-state index in [1.54, 1.807) is 55.5 Å². The average molecular weight is 340 g/mol. The first-order chi connectivity index (χ1) is 11.5. The van der Waals surface area contributed by atoms with Gasteiger partial charge in [-0.2, -0.15) is 5.26 Å². The zero-order chi connectivity index (χ0) is 17.3. The Labute approximate surface area is 144 Å². The molecule has 0 aromatic heterocycles. The largest absolute Gasteiger partial charge is 0.332 e. The van der Waals surface area contributed by atoms with Gasteiger partial charge in [0.15, 0.2) is 0 Å². The van der Waals surface area contributed by atoms with E-state index in [1.165, 1.54) is 9.80 Å². The fourth-order valence-electron chi connectivity index (χ4n) is 2.62. The van der Waals surface area contributed by atoms with Crippen LogP contribution in [0.15, 0.2) is 48.5 Å². The summed E-state index contributed by atoms with van der Waals surface area (Å²) in [5, 5.41) is 9.38. The van der Waals surface area contributed by atoms with Crippen LogP contribution in [0.25, 0.3) is 0 Å². The minimum Gasteiger partial charge on any atom is -0.308 e. The zero-order valence-electron chi connectivity index (χ0n) is 12.9. The van der Waals surface area contributed by atoms with Crippen LogP contribution >= 0.6 is 11.6 Å². The molecule has 0 saturated carbocycles. The number of carbonyl (C=O) groups excluding carboxylic acids is 2. The molecule has 6 heteroatoms. The van der Waals surface area contributed by atoms with Gasteiger partial charge >= 0.3 is 6.03 Å². The Bertz CT molecular complexity index is 825. The van der Waals surface area contributed by atoms with Crippen LogP contribution in [0.2, 0.25) is 5.02 Å². The number of nitriles is 1. The molecule has 5 nitrogen and oxygen atoms in total. The number of hydrogen-bond donors (Lipinski definition) is 0. The van der Waals surface area contributed by atoms with E-state index in [1.807, 2.05) is 0 Å². The van der Waals surface area contributed by atoms with Crippen molar-refractivity contribution in [3.8, 4) is 6.07 Å². The van der Waals surface area contributed by atoms with Gasteiger partial charge < -0.3 is 4.90 Å². The second kappa shape index (κ2) is 6.34. The zero-order valence-corrected chi connectivity index (χ0v) is 13.7. The van der Waals surface area contributed by atoms with Crippen molar-refractivity contribution in [3.05, 3.63) is 64.7 Å². The summed E-state index contributed by atoms with van der Waals surface area (Å²) in [6.45, 7) is 2.02. The normalized spacial score (nSPS) is 17.3. The van der Waals surface area contributed by atoms with Crippen molar-refractivity contribution in [2.45, 2.75) is 19.5 Å². The van der Waals surface area contributed by atoms with Crippen LogP contribution in [0.5, 0.6) is 0 Å². The number of nitrogens with zero attached hydrogens (tertiary/aromatic N) is 3. The average Bonchev–Trinajstić information content (AvgIpc) is 2.80. The highest BCUT2D eigenvalue weighted by atomic mass is 35.5. The van der Waals surface area contributed by atoms with Gasteiger partial charge in [0.2, 0.25) is 0 Å². The monoisotopic (exact) mass is 339 g/mol. The van der Waals surface area contributed by atoms with E-state index < -0.39 is 6.04 Å². The number of halogens is 1. The van der Waals surface area contributed by atoms with Crippen molar-refractivity contribution in [3.63, 3.8) is 0 Å². The highest BCUT2D eigenvalue weighted by Crippen LogP contribution is 2.27. The Morgan fingerprint density at radius 2 is 1.71 bits per heavy atom. The smallest absolute Gasteiger partial charge is 0.308 e. The van der Waals surface area contributed by atoms with E-state index >= 15 is 0 Å². The molecule has 3 rings (SSSR count). The van der Waals surface area contributed by atoms with Crippen LogP contribution < -0.4 is 4.90 Å². The number of rotatable bonds is 3. The molecule has 2 aromatic carbocycles. The minimum absolute atomic E-state index is 0.268. The molecule has 24 heavy (non-hydrogen) atoms. The third-order valence-corrected chi connectivity index (χ3v) is 4.26. The van der Waals surface area contributed by atoms with Crippen molar-refractivity contribution in [2.75, 3.05) is 4.90 Å². The third-order valence-electron chi connectivity index (χ3n) is 4.00. The Balaban J connectivity index is 1.84. The maximum absolute atomic E-state index is 12.7. The summed E-state index contributed by atoms with van der Waals surface area (Å²) in [6.07, 6.45) is 0. The van der Waals surface area contributed by atoms with Gasteiger partial charge in [-0.1, -0.05) is 23.7 Å². The lowest BCUT2D eigenvalue weighted by Gasteiger charge is -2.19. The molecule has 0 aliphatic carbocycles. The van der Waals surface area contributed by atoms with Gasteiger partial charge in [0, 0.05) is 11.6 Å². The molecule has 3 amide bonds. The van der Waals surface area contributed by atoms with Crippen LogP contribution in [0.4, 0.5) is 10.5 Å². The first-order valence-electron chi connectivity index (χ1n) is 7.40. The van der Waals surface area contributed by atoms with Gasteiger partial charge in [-0.3, -0.25) is 4.79 Å². The highest BCUT2D eigenvalue weighted by Gasteiger charge is 2.43. The molecule has 1 saturated heterocycles. The number of carbonyl (C=O) groups is 2. The molecule has 0 spiro atoms. The summed E-state index contributed by atoms with van der Waals surface area (Å²) >= 11 is 5.86. The molecule has 1 fully saturated rings. The Morgan fingerprint density at radius 1 is 1.08 bits per heavy atom. The maximum atomic E-state index is 12.7. The Hall–Kier alpha value is -2.84. The molecule has 1 heterocycles. The van der Waals surface area contributed by atoms with Crippen molar-refractivity contribution >= 4 is 29.2 Å². The molecule has 2 aromatic rings. The Kier molecular flexibility index (Phi) is 4.24.